The van der Waals surface area contributed by atoms with Gasteiger partial charge in [0, 0.05) is 32.2 Å². The van der Waals surface area contributed by atoms with E-state index in [1.54, 1.807) is 23.1 Å². The Labute approximate surface area is 208 Å². The van der Waals surface area contributed by atoms with Crippen LogP contribution in [0.1, 0.15) is 48.8 Å². The molecule has 1 saturated carbocycles. The Bertz CT molecular complexity index is 1150. The number of benzene rings is 2. The molecule has 2 aromatic rings. The largest absolute Gasteiger partial charge is 0.366 e. The number of carbonyl (C=O) groups is 1. The molecule has 0 unspecified atom stereocenters. The molecule has 0 bridgehead atoms. The molecule has 0 aromatic heterocycles. The smallest absolute Gasteiger partial charge is 0.244 e. The zero-order valence-electron chi connectivity index (χ0n) is 21.0. The predicted octanol–water partition coefficient (Wildman–Crippen LogP) is 4.42. The Hall–Kier alpha value is -2.45. The number of nitrogens with zero attached hydrogens (tertiary/aromatic N) is 3. The fourth-order valence-corrected chi connectivity index (χ4v) is 7.66. The number of rotatable bonds is 6. The summed E-state index contributed by atoms with van der Waals surface area (Å²) < 4.78 is 43.6. The summed E-state index contributed by atoms with van der Waals surface area (Å²) in [5.41, 5.74) is 2.99. The molecule has 0 atom stereocenters. The summed E-state index contributed by atoms with van der Waals surface area (Å²) in [6.07, 6.45) is 4.59. The third kappa shape index (κ3) is 5.54. The second kappa shape index (κ2) is 10.7. The van der Waals surface area contributed by atoms with Crippen LogP contribution in [0.4, 0.5) is 10.1 Å². The Balaban J connectivity index is 1.54. The molecule has 0 radical (unpaired) electrons. The number of hydrogen-bond acceptors (Lipinski definition) is 4. The van der Waals surface area contributed by atoms with E-state index in [0.717, 1.165) is 37.7 Å². The van der Waals surface area contributed by atoms with Crippen LogP contribution in [0.25, 0.3) is 0 Å². The summed E-state index contributed by atoms with van der Waals surface area (Å²) in [6, 6.07) is 10.3. The first-order valence-electron chi connectivity index (χ1n) is 12.6. The fourth-order valence-electron chi connectivity index (χ4n) is 5.61. The molecule has 4 rings (SSSR count). The van der Waals surface area contributed by atoms with E-state index in [1.807, 2.05) is 37.8 Å². The van der Waals surface area contributed by atoms with E-state index >= 15 is 0 Å². The standard InChI is InChI=1S/C27H36FN3O3S/c1-20-17-21(2)27(22(3)18-20)35(33,34)31(23-9-5-4-6-10-23)19-26(32)30-15-13-29(14-16-30)25-12-8-7-11-24(25)28/h7-8,11-12,17-18,23H,4-6,9-10,13-16,19H2,1-3H3. The van der Waals surface area contributed by atoms with E-state index in [-0.39, 0.29) is 24.3 Å². The lowest BCUT2D eigenvalue weighted by atomic mass is 9.95. The molecule has 1 aliphatic heterocycles. The molecule has 8 heteroatoms. The molecule has 1 amide bonds. The van der Waals surface area contributed by atoms with Crippen molar-refractivity contribution < 1.29 is 17.6 Å². The van der Waals surface area contributed by atoms with Gasteiger partial charge in [-0.3, -0.25) is 4.79 Å². The van der Waals surface area contributed by atoms with E-state index in [0.29, 0.717) is 47.9 Å². The zero-order valence-corrected chi connectivity index (χ0v) is 21.8. The van der Waals surface area contributed by atoms with Crippen molar-refractivity contribution in [1.29, 1.82) is 0 Å². The molecule has 2 fully saturated rings. The molecule has 0 spiro atoms. The minimum Gasteiger partial charge on any atom is -0.366 e. The summed E-state index contributed by atoms with van der Waals surface area (Å²) in [5.74, 6) is -0.458. The molecule has 35 heavy (non-hydrogen) atoms. The molecular weight excluding hydrogens is 465 g/mol. The number of sulfonamides is 1. The van der Waals surface area contributed by atoms with Crippen LogP contribution in [-0.4, -0.2) is 62.3 Å². The van der Waals surface area contributed by atoms with Gasteiger partial charge in [0.25, 0.3) is 0 Å². The van der Waals surface area contributed by atoms with Gasteiger partial charge >= 0.3 is 0 Å². The van der Waals surface area contributed by atoms with Gasteiger partial charge in [-0.25, -0.2) is 12.8 Å². The van der Waals surface area contributed by atoms with E-state index in [4.69, 9.17) is 0 Å². The third-order valence-corrected chi connectivity index (χ3v) is 9.47. The first-order valence-corrected chi connectivity index (χ1v) is 14.0. The SMILES string of the molecule is Cc1cc(C)c(S(=O)(=O)N(CC(=O)N2CCN(c3ccccc3F)CC2)C2CCCCC2)c(C)c1. The van der Waals surface area contributed by atoms with E-state index in [9.17, 15) is 17.6 Å². The summed E-state index contributed by atoms with van der Waals surface area (Å²) in [6.45, 7) is 7.37. The number of aryl methyl sites for hydroxylation is 3. The lowest BCUT2D eigenvalue weighted by molar-refractivity contribution is -0.132. The highest BCUT2D eigenvalue weighted by molar-refractivity contribution is 7.89. The Morgan fingerprint density at radius 1 is 0.971 bits per heavy atom. The van der Waals surface area contributed by atoms with Gasteiger partial charge in [-0.05, 0) is 56.9 Å². The molecular formula is C27H36FN3O3S. The monoisotopic (exact) mass is 501 g/mol. The van der Waals surface area contributed by atoms with Crippen molar-refractivity contribution in [2.75, 3.05) is 37.6 Å². The van der Waals surface area contributed by atoms with E-state index in [2.05, 4.69) is 0 Å². The molecule has 1 heterocycles. The van der Waals surface area contributed by atoms with Gasteiger partial charge in [-0.2, -0.15) is 4.31 Å². The number of anilines is 1. The first-order chi connectivity index (χ1) is 16.7. The second-order valence-electron chi connectivity index (χ2n) is 9.89. The van der Waals surface area contributed by atoms with Crippen LogP contribution < -0.4 is 4.90 Å². The van der Waals surface area contributed by atoms with E-state index < -0.39 is 10.0 Å². The van der Waals surface area contributed by atoms with Crippen molar-refractivity contribution in [3.8, 4) is 0 Å². The second-order valence-corrected chi connectivity index (χ2v) is 11.7. The van der Waals surface area contributed by atoms with E-state index in [1.165, 1.54) is 10.4 Å². The number of carbonyl (C=O) groups excluding carboxylic acids is 1. The average Bonchev–Trinajstić information content (AvgIpc) is 2.82. The quantitative estimate of drug-likeness (QED) is 0.588. The van der Waals surface area contributed by atoms with Gasteiger partial charge in [0.05, 0.1) is 17.1 Å². The fraction of sp³-hybridized carbons (Fsp3) is 0.519. The van der Waals surface area contributed by atoms with Crippen molar-refractivity contribution in [3.63, 3.8) is 0 Å². The molecule has 6 nitrogen and oxygen atoms in total. The van der Waals surface area contributed by atoms with Crippen LogP contribution >= 0.6 is 0 Å². The Morgan fingerprint density at radius 3 is 2.17 bits per heavy atom. The average molecular weight is 502 g/mol. The van der Waals surface area contributed by atoms with Crippen molar-refractivity contribution in [2.45, 2.75) is 63.8 Å². The summed E-state index contributed by atoms with van der Waals surface area (Å²) in [4.78, 5) is 17.4. The van der Waals surface area contributed by atoms with Crippen LogP contribution in [-0.2, 0) is 14.8 Å². The molecule has 1 saturated heterocycles. The van der Waals surface area contributed by atoms with Crippen LogP contribution in [0.15, 0.2) is 41.3 Å². The highest BCUT2D eigenvalue weighted by atomic mass is 32.2. The molecule has 1 aliphatic carbocycles. The van der Waals surface area contributed by atoms with Gasteiger partial charge in [-0.1, -0.05) is 49.1 Å². The molecule has 0 N–H and O–H groups in total. The first kappa shape index (κ1) is 25.6. The van der Waals surface area contributed by atoms with Gasteiger partial charge in [0.2, 0.25) is 15.9 Å². The number of hydrogen-bond donors (Lipinski definition) is 0. The van der Waals surface area contributed by atoms with Gasteiger partial charge in [0.15, 0.2) is 0 Å². The molecule has 190 valence electrons. The van der Waals surface area contributed by atoms with Crippen LogP contribution in [0.3, 0.4) is 0 Å². The predicted molar refractivity (Wildman–Crippen MR) is 137 cm³/mol. The Morgan fingerprint density at radius 2 is 1.57 bits per heavy atom. The minimum atomic E-state index is -3.85. The molecule has 2 aromatic carbocycles. The highest BCUT2D eigenvalue weighted by Gasteiger charge is 2.37. The third-order valence-electron chi connectivity index (χ3n) is 7.27. The summed E-state index contributed by atoms with van der Waals surface area (Å²) >= 11 is 0. The summed E-state index contributed by atoms with van der Waals surface area (Å²) in [5, 5.41) is 0. The van der Waals surface area contributed by atoms with Crippen LogP contribution in [0, 0.1) is 26.6 Å². The van der Waals surface area contributed by atoms with Gasteiger partial charge in [0.1, 0.15) is 5.82 Å². The number of halogens is 1. The van der Waals surface area contributed by atoms with Gasteiger partial charge < -0.3 is 9.80 Å². The van der Waals surface area contributed by atoms with Crippen molar-refractivity contribution >= 4 is 21.6 Å². The van der Waals surface area contributed by atoms with Crippen LogP contribution in [0.5, 0.6) is 0 Å². The lowest BCUT2D eigenvalue weighted by Gasteiger charge is -2.38. The lowest BCUT2D eigenvalue weighted by Crippen LogP contribution is -2.53. The highest BCUT2D eigenvalue weighted by Crippen LogP contribution is 2.31. The maximum Gasteiger partial charge on any atom is 0.244 e. The Kier molecular flexibility index (Phi) is 7.81. The van der Waals surface area contributed by atoms with Gasteiger partial charge in [-0.15, -0.1) is 0 Å². The number of amides is 1. The zero-order chi connectivity index (χ0) is 25.2. The number of piperazine rings is 1. The van der Waals surface area contributed by atoms with Crippen LogP contribution in [0.2, 0.25) is 0 Å². The number of para-hydroxylation sites is 1. The van der Waals surface area contributed by atoms with Crippen molar-refractivity contribution in [3.05, 3.63) is 58.9 Å². The van der Waals surface area contributed by atoms with Crippen molar-refractivity contribution in [1.82, 2.24) is 9.21 Å². The van der Waals surface area contributed by atoms with Crippen molar-refractivity contribution in [2.24, 2.45) is 0 Å². The topological polar surface area (TPSA) is 60.9 Å². The maximum absolute atomic E-state index is 14.2. The maximum atomic E-state index is 14.2. The summed E-state index contributed by atoms with van der Waals surface area (Å²) in [7, 11) is -3.85. The molecule has 2 aliphatic rings. The normalized spacial score (nSPS) is 17.7. The minimum absolute atomic E-state index is 0.153.